The van der Waals surface area contributed by atoms with E-state index in [1.54, 1.807) is 0 Å². The molecule has 1 saturated carbocycles. The average molecular weight is 177 g/mol. The van der Waals surface area contributed by atoms with Gasteiger partial charge in [0.15, 0.2) is 0 Å². The molecule has 1 fully saturated rings. The Hall–Kier alpha value is 0.250. The van der Waals surface area contributed by atoms with E-state index >= 15 is 0 Å². The monoisotopic (exact) mass is 176 g/mol. The molecule has 1 rings (SSSR count). The van der Waals surface area contributed by atoms with E-state index in [2.05, 4.69) is 13.8 Å². The van der Waals surface area contributed by atoms with Gasteiger partial charge in [0.1, 0.15) is 0 Å². The van der Waals surface area contributed by atoms with Crippen molar-refractivity contribution in [3.63, 3.8) is 0 Å². The third-order valence-corrected chi connectivity index (χ3v) is 2.44. The van der Waals surface area contributed by atoms with E-state index in [0.717, 1.165) is 25.4 Å². The van der Waals surface area contributed by atoms with Crippen LogP contribution in [0.4, 0.5) is 0 Å². The fourth-order valence-corrected chi connectivity index (χ4v) is 1.51. The van der Waals surface area contributed by atoms with Crippen LogP contribution in [0.1, 0.15) is 33.1 Å². The Morgan fingerprint density at radius 1 is 1.45 bits per heavy atom. The third kappa shape index (κ3) is 3.44. The molecule has 0 aromatic carbocycles. The van der Waals surface area contributed by atoms with Crippen LogP contribution in [-0.2, 0) is 4.74 Å². The molecule has 0 heterocycles. The Kier molecular flexibility index (Phi) is 3.67. The summed E-state index contributed by atoms with van der Waals surface area (Å²) in [4.78, 5) is 0. The van der Waals surface area contributed by atoms with E-state index in [-0.39, 0.29) is 0 Å². The number of ether oxygens (including phenoxy) is 1. The maximum Gasteiger partial charge on any atom is 0.0603 e. The molecule has 0 aromatic heterocycles. The van der Waals surface area contributed by atoms with Gasteiger partial charge in [-0.1, -0.05) is 13.8 Å². The molecule has 0 radical (unpaired) electrons. The summed E-state index contributed by atoms with van der Waals surface area (Å²) in [5.74, 6) is 0.752. The van der Waals surface area contributed by atoms with Gasteiger partial charge < -0.3 is 4.74 Å². The highest BCUT2D eigenvalue weighted by Crippen LogP contribution is 2.28. The van der Waals surface area contributed by atoms with E-state index < -0.39 is 0 Å². The van der Waals surface area contributed by atoms with Crippen LogP contribution in [0, 0.1) is 5.92 Å². The minimum absolute atomic E-state index is 0.388. The molecule has 0 atom stereocenters. The zero-order valence-corrected chi connectivity index (χ0v) is 8.10. The molecule has 0 saturated heterocycles. The minimum Gasteiger partial charge on any atom is -0.378 e. The quantitative estimate of drug-likeness (QED) is 0.599. The van der Waals surface area contributed by atoms with Gasteiger partial charge in [0, 0.05) is 12.0 Å². The van der Waals surface area contributed by atoms with Crippen molar-refractivity contribution in [1.29, 1.82) is 0 Å². The Bertz CT molecular complexity index is 108. The summed E-state index contributed by atoms with van der Waals surface area (Å²) in [6, 6.07) is 0. The molecule has 0 spiro atoms. The van der Waals surface area contributed by atoms with Crippen LogP contribution >= 0.6 is 11.6 Å². The normalized spacial score (nSPS) is 30.5. The van der Waals surface area contributed by atoms with Crippen LogP contribution in [-0.4, -0.2) is 18.1 Å². The van der Waals surface area contributed by atoms with Crippen molar-refractivity contribution in [1.82, 2.24) is 0 Å². The molecule has 1 aliphatic carbocycles. The van der Waals surface area contributed by atoms with E-state index in [9.17, 15) is 0 Å². The predicted octanol–water partition coefficient (Wildman–Crippen LogP) is 2.82. The molecule has 0 aliphatic heterocycles. The van der Waals surface area contributed by atoms with E-state index in [1.807, 2.05) is 0 Å². The highest BCUT2D eigenvalue weighted by atomic mass is 35.5. The van der Waals surface area contributed by atoms with Crippen molar-refractivity contribution < 1.29 is 4.74 Å². The number of rotatable bonds is 4. The Balaban J connectivity index is 1.89. The largest absolute Gasteiger partial charge is 0.378 e. The van der Waals surface area contributed by atoms with Crippen molar-refractivity contribution in [3.05, 3.63) is 0 Å². The maximum atomic E-state index is 5.81. The van der Waals surface area contributed by atoms with Crippen molar-refractivity contribution in [2.45, 2.75) is 44.6 Å². The second-order valence-corrected chi connectivity index (χ2v) is 4.36. The Morgan fingerprint density at radius 3 is 2.55 bits per heavy atom. The van der Waals surface area contributed by atoms with Crippen LogP contribution in [0.15, 0.2) is 0 Å². The predicted molar refractivity (Wildman–Crippen MR) is 48.1 cm³/mol. The van der Waals surface area contributed by atoms with Crippen LogP contribution < -0.4 is 0 Å². The summed E-state index contributed by atoms with van der Waals surface area (Å²) >= 11 is 5.81. The first-order valence-corrected chi connectivity index (χ1v) is 4.87. The summed E-state index contributed by atoms with van der Waals surface area (Å²) < 4.78 is 5.57. The zero-order valence-electron chi connectivity index (χ0n) is 7.35. The van der Waals surface area contributed by atoms with Gasteiger partial charge in [0.2, 0.25) is 0 Å². The number of hydrogen-bond donors (Lipinski definition) is 0. The lowest BCUT2D eigenvalue weighted by molar-refractivity contribution is 0.000214. The van der Waals surface area contributed by atoms with Gasteiger partial charge in [0.05, 0.1) is 6.10 Å². The van der Waals surface area contributed by atoms with E-state index in [0.29, 0.717) is 11.5 Å². The standard InChI is InChI=1S/C9H17ClO/c1-7(2)3-4-11-9-5-8(10)6-9/h7-9H,3-6H2,1-2H3. The van der Waals surface area contributed by atoms with Crippen molar-refractivity contribution in [3.8, 4) is 0 Å². The zero-order chi connectivity index (χ0) is 8.27. The van der Waals surface area contributed by atoms with Crippen molar-refractivity contribution in [2.24, 2.45) is 5.92 Å². The first-order chi connectivity index (χ1) is 5.18. The second-order valence-electron chi connectivity index (χ2n) is 3.74. The van der Waals surface area contributed by atoms with Gasteiger partial charge in [-0.3, -0.25) is 0 Å². The van der Waals surface area contributed by atoms with Gasteiger partial charge in [-0.2, -0.15) is 0 Å². The molecule has 11 heavy (non-hydrogen) atoms. The molecule has 0 aromatic rings. The van der Waals surface area contributed by atoms with Crippen LogP contribution in [0.2, 0.25) is 0 Å². The lowest BCUT2D eigenvalue weighted by Crippen LogP contribution is -2.32. The molecule has 66 valence electrons. The van der Waals surface area contributed by atoms with Gasteiger partial charge in [-0.15, -0.1) is 11.6 Å². The highest BCUT2D eigenvalue weighted by molar-refractivity contribution is 6.21. The molecular weight excluding hydrogens is 160 g/mol. The summed E-state index contributed by atoms with van der Waals surface area (Å²) in [6.07, 6.45) is 3.75. The van der Waals surface area contributed by atoms with E-state index in [1.165, 1.54) is 6.42 Å². The molecular formula is C9H17ClO. The second kappa shape index (κ2) is 4.32. The minimum atomic E-state index is 0.388. The summed E-state index contributed by atoms with van der Waals surface area (Å²) in [5.41, 5.74) is 0. The fraction of sp³-hybridized carbons (Fsp3) is 1.00. The van der Waals surface area contributed by atoms with Gasteiger partial charge in [-0.05, 0) is 25.2 Å². The van der Waals surface area contributed by atoms with Crippen molar-refractivity contribution in [2.75, 3.05) is 6.61 Å². The Labute approximate surface area is 74.1 Å². The lowest BCUT2D eigenvalue weighted by Gasteiger charge is -2.30. The first kappa shape index (κ1) is 9.34. The van der Waals surface area contributed by atoms with Crippen LogP contribution in [0.3, 0.4) is 0 Å². The van der Waals surface area contributed by atoms with Crippen molar-refractivity contribution >= 4 is 11.6 Å². The maximum absolute atomic E-state index is 5.81. The number of alkyl halides is 1. The van der Waals surface area contributed by atoms with Gasteiger partial charge >= 0.3 is 0 Å². The summed E-state index contributed by atoms with van der Waals surface area (Å²) in [5, 5.41) is 0.388. The SMILES string of the molecule is CC(C)CCOC1CC(Cl)C1. The molecule has 0 N–H and O–H groups in total. The highest BCUT2D eigenvalue weighted by Gasteiger charge is 2.27. The molecule has 1 aliphatic rings. The molecule has 0 unspecified atom stereocenters. The van der Waals surface area contributed by atoms with Crippen LogP contribution in [0.5, 0.6) is 0 Å². The molecule has 0 amide bonds. The molecule has 0 bridgehead atoms. The number of hydrogen-bond acceptors (Lipinski definition) is 1. The fourth-order valence-electron chi connectivity index (χ4n) is 1.11. The molecule has 2 heteroatoms. The smallest absolute Gasteiger partial charge is 0.0603 e. The summed E-state index contributed by atoms with van der Waals surface area (Å²) in [6.45, 7) is 5.34. The number of halogens is 1. The topological polar surface area (TPSA) is 9.23 Å². The van der Waals surface area contributed by atoms with Gasteiger partial charge in [0.25, 0.3) is 0 Å². The van der Waals surface area contributed by atoms with Crippen LogP contribution in [0.25, 0.3) is 0 Å². The molecule has 1 nitrogen and oxygen atoms in total. The Morgan fingerprint density at radius 2 is 2.09 bits per heavy atom. The lowest BCUT2D eigenvalue weighted by atomic mass is 9.95. The average Bonchev–Trinajstić information content (AvgIpc) is 1.83. The van der Waals surface area contributed by atoms with E-state index in [4.69, 9.17) is 16.3 Å². The first-order valence-electron chi connectivity index (χ1n) is 4.44. The van der Waals surface area contributed by atoms with Gasteiger partial charge in [-0.25, -0.2) is 0 Å². The third-order valence-electron chi connectivity index (χ3n) is 2.09. The summed E-state index contributed by atoms with van der Waals surface area (Å²) in [7, 11) is 0.